The minimum absolute atomic E-state index is 0.245. The van der Waals surface area contributed by atoms with E-state index >= 15 is 0 Å². The summed E-state index contributed by atoms with van der Waals surface area (Å²) in [6.45, 7) is 5.98. The fourth-order valence-corrected chi connectivity index (χ4v) is 5.87. The first-order chi connectivity index (χ1) is 14.3. The second-order valence-electron chi connectivity index (χ2n) is 8.43. The Morgan fingerprint density at radius 2 is 1.69 bits per heavy atom. The number of para-hydroxylation sites is 2. The molecule has 0 bridgehead atoms. The molecule has 156 valence electrons. The lowest BCUT2D eigenvalue weighted by atomic mass is 9.92. The van der Waals surface area contributed by atoms with Gasteiger partial charge in [-0.1, -0.05) is 12.1 Å². The molecular formula is C22H30N4O2S. The van der Waals surface area contributed by atoms with Gasteiger partial charge in [-0.15, -0.1) is 0 Å². The van der Waals surface area contributed by atoms with E-state index in [0.717, 1.165) is 93.6 Å². The number of hydrogen-bond donors (Lipinski definition) is 0. The molecule has 29 heavy (non-hydrogen) atoms. The zero-order valence-corrected chi connectivity index (χ0v) is 17.8. The Morgan fingerprint density at radius 1 is 0.966 bits per heavy atom. The van der Waals surface area contributed by atoms with Gasteiger partial charge < -0.3 is 19.1 Å². The van der Waals surface area contributed by atoms with Crippen LogP contribution in [-0.4, -0.2) is 77.5 Å². The molecule has 5 rings (SSSR count). The number of anilines is 1. The summed E-state index contributed by atoms with van der Waals surface area (Å²) in [5.41, 5.74) is 1.80. The Labute approximate surface area is 176 Å². The lowest BCUT2D eigenvalue weighted by Crippen LogP contribution is -2.50. The van der Waals surface area contributed by atoms with E-state index in [1.54, 1.807) is 0 Å². The van der Waals surface area contributed by atoms with Gasteiger partial charge in [0.05, 0.1) is 0 Å². The minimum atomic E-state index is 0.245. The first-order valence-electron chi connectivity index (χ1n) is 11.0. The summed E-state index contributed by atoms with van der Waals surface area (Å²) in [5.74, 6) is 2.86. The van der Waals surface area contributed by atoms with Crippen LogP contribution in [-0.2, 0) is 4.79 Å². The first kappa shape index (κ1) is 19.2. The third kappa shape index (κ3) is 4.12. The summed E-state index contributed by atoms with van der Waals surface area (Å²) in [6.07, 6.45) is 4.32. The van der Waals surface area contributed by atoms with E-state index in [4.69, 9.17) is 4.42 Å². The van der Waals surface area contributed by atoms with Gasteiger partial charge in [-0.05, 0) is 50.9 Å². The van der Waals surface area contributed by atoms with Crippen LogP contribution in [0, 0.1) is 5.92 Å². The van der Waals surface area contributed by atoms with E-state index in [9.17, 15) is 4.79 Å². The predicted molar refractivity (Wildman–Crippen MR) is 117 cm³/mol. The SMILES string of the molecule is O=C(C1CCN(C2CCN(c3nc4ccccc4o3)CC2)CC1)N1CCSCC1. The van der Waals surface area contributed by atoms with Crippen LogP contribution in [0.5, 0.6) is 0 Å². The van der Waals surface area contributed by atoms with Crippen molar-refractivity contribution < 1.29 is 9.21 Å². The van der Waals surface area contributed by atoms with Crippen LogP contribution in [0.15, 0.2) is 28.7 Å². The summed E-state index contributed by atoms with van der Waals surface area (Å²) >= 11 is 1.96. The zero-order valence-electron chi connectivity index (χ0n) is 17.0. The fourth-order valence-electron chi connectivity index (χ4n) is 4.97. The standard InChI is InChI=1S/C22H30N4O2S/c27-21(25-13-15-29-16-14-25)17-5-9-24(10-6-17)18-7-11-26(12-8-18)22-23-19-3-1-2-4-20(19)28-22/h1-4,17-18H,5-16H2. The molecule has 0 radical (unpaired) electrons. The third-order valence-corrected chi connectivity index (χ3v) is 7.68. The molecule has 4 heterocycles. The maximum atomic E-state index is 12.8. The van der Waals surface area contributed by atoms with Crippen LogP contribution in [0.1, 0.15) is 25.7 Å². The number of carbonyl (C=O) groups is 1. The number of hydrogen-bond acceptors (Lipinski definition) is 6. The van der Waals surface area contributed by atoms with E-state index in [1.807, 2.05) is 36.0 Å². The molecule has 0 N–H and O–H groups in total. The number of likely N-dealkylation sites (tertiary alicyclic amines) is 1. The third-order valence-electron chi connectivity index (χ3n) is 6.74. The Kier molecular flexibility index (Phi) is 5.68. The number of thioether (sulfide) groups is 1. The summed E-state index contributed by atoms with van der Waals surface area (Å²) < 4.78 is 5.94. The predicted octanol–water partition coefficient (Wildman–Crippen LogP) is 3.08. The molecule has 0 aliphatic carbocycles. The van der Waals surface area contributed by atoms with Gasteiger partial charge in [0.25, 0.3) is 6.01 Å². The van der Waals surface area contributed by atoms with Gasteiger partial charge in [0, 0.05) is 49.6 Å². The summed E-state index contributed by atoms with van der Waals surface area (Å²) in [5, 5.41) is 0. The number of aromatic nitrogens is 1. The number of amides is 1. The summed E-state index contributed by atoms with van der Waals surface area (Å²) in [7, 11) is 0. The van der Waals surface area contributed by atoms with Crippen molar-refractivity contribution in [3.8, 4) is 0 Å². The van der Waals surface area contributed by atoms with Crippen LogP contribution in [0.2, 0.25) is 0 Å². The highest BCUT2D eigenvalue weighted by molar-refractivity contribution is 7.99. The molecule has 1 amide bonds. The maximum absolute atomic E-state index is 12.8. The number of piperidine rings is 2. The van der Waals surface area contributed by atoms with Crippen LogP contribution in [0.3, 0.4) is 0 Å². The molecule has 6 nitrogen and oxygen atoms in total. The van der Waals surface area contributed by atoms with E-state index in [-0.39, 0.29) is 5.92 Å². The monoisotopic (exact) mass is 414 g/mol. The topological polar surface area (TPSA) is 52.8 Å². The second kappa shape index (κ2) is 8.56. The molecule has 3 fully saturated rings. The quantitative estimate of drug-likeness (QED) is 0.769. The van der Waals surface area contributed by atoms with Gasteiger partial charge in [0.2, 0.25) is 5.91 Å². The molecule has 7 heteroatoms. The zero-order chi connectivity index (χ0) is 19.6. The number of rotatable bonds is 3. The van der Waals surface area contributed by atoms with E-state index in [1.165, 1.54) is 0 Å². The summed E-state index contributed by atoms with van der Waals surface area (Å²) in [4.78, 5) is 24.4. The maximum Gasteiger partial charge on any atom is 0.298 e. The number of benzene rings is 1. The molecule has 2 aromatic rings. The fraction of sp³-hybridized carbons (Fsp3) is 0.636. The van der Waals surface area contributed by atoms with E-state index in [2.05, 4.69) is 19.7 Å². The van der Waals surface area contributed by atoms with Crippen molar-refractivity contribution in [2.24, 2.45) is 5.92 Å². The van der Waals surface area contributed by atoms with Crippen molar-refractivity contribution in [3.05, 3.63) is 24.3 Å². The van der Waals surface area contributed by atoms with E-state index < -0.39 is 0 Å². The largest absolute Gasteiger partial charge is 0.423 e. The lowest BCUT2D eigenvalue weighted by Gasteiger charge is -2.42. The Hall–Kier alpha value is -1.73. The van der Waals surface area contributed by atoms with Crippen molar-refractivity contribution >= 4 is 34.8 Å². The Balaban J connectivity index is 1.12. The first-order valence-corrected chi connectivity index (χ1v) is 12.1. The van der Waals surface area contributed by atoms with Crippen LogP contribution in [0.25, 0.3) is 11.1 Å². The van der Waals surface area contributed by atoms with Crippen molar-refractivity contribution in [2.75, 3.05) is 55.7 Å². The molecule has 3 aliphatic rings. The molecular weight excluding hydrogens is 384 g/mol. The average Bonchev–Trinajstić information content (AvgIpc) is 3.24. The van der Waals surface area contributed by atoms with Gasteiger partial charge in [-0.2, -0.15) is 16.7 Å². The molecule has 0 atom stereocenters. The molecule has 3 aliphatic heterocycles. The van der Waals surface area contributed by atoms with Gasteiger partial charge >= 0.3 is 0 Å². The highest BCUT2D eigenvalue weighted by atomic mass is 32.2. The molecule has 1 aromatic heterocycles. The van der Waals surface area contributed by atoms with Gasteiger partial charge in [-0.3, -0.25) is 4.79 Å². The Morgan fingerprint density at radius 3 is 2.41 bits per heavy atom. The lowest BCUT2D eigenvalue weighted by molar-refractivity contribution is -0.136. The van der Waals surface area contributed by atoms with Gasteiger partial charge in [0.15, 0.2) is 5.58 Å². The second-order valence-corrected chi connectivity index (χ2v) is 9.66. The van der Waals surface area contributed by atoms with Crippen molar-refractivity contribution in [1.29, 1.82) is 0 Å². The molecule has 0 spiro atoms. The average molecular weight is 415 g/mol. The van der Waals surface area contributed by atoms with Crippen LogP contribution in [0.4, 0.5) is 6.01 Å². The summed E-state index contributed by atoms with van der Waals surface area (Å²) in [6, 6.07) is 9.35. The molecule has 0 saturated carbocycles. The van der Waals surface area contributed by atoms with Crippen molar-refractivity contribution in [2.45, 2.75) is 31.7 Å². The normalized spacial score (nSPS) is 23.0. The highest BCUT2D eigenvalue weighted by Gasteiger charge is 2.33. The van der Waals surface area contributed by atoms with Crippen molar-refractivity contribution in [3.63, 3.8) is 0 Å². The Bertz CT molecular complexity index is 801. The molecule has 3 saturated heterocycles. The molecule has 1 aromatic carbocycles. The van der Waals surface area contributed by atoms with Gasteiger partial charge in [0.1, 0.15) is 5.52 Å². The molecule has 0 unspecified atom stereocenters. The smallest absolute Gasteiger partial charge is 0.298 e. The van der Waals surface area contributed by atoms with Crippen LogP contribution >= 0.6 is 11.8 Å². The minimum Gasteiger partial charge on any atom is -0.423 e. The number of carbonyl (C=O) groups excluding carboxylic acids is 1. The van der Waals surface area contributed by atoms with E-state index in [0.29, 0.717) is 11.9 Å². The number of fused-ring (bicyclic) bond motifs is 1. The van der Waals surface area contributed by atoms with Crippen LogP contribution < -0.4 is 4.90 Å². The van der Waals surface area contributed by atoms with Gasteiger partial charge in [-0.25, -0.2) is 0 Å². The highest BCUT2D eigenvalue weighted by Crippen LogP contribution is 2.29. The number of oxazole rings is 1. The number of nitrogens with zero attached hydrogens (tertiary/aromatic N) is 4. The van der Waals surface area contributed by atoms with Crippen molar-refractivity contribution in [1.82, 2.24) is 14.8 Å².